The Morgan fingerprint density at radius 2 is 1.62 bits per heavy atom. The lowest BCUT2D eigenvalue weighted by Crippen LogP contribution is -2.47. The van der Waals surface area contributed by atoms with Crippen LogP contribution in [0.15, 0.2) is 32.9 Å². The van der Waals surface area contributed by atoms with Gasteiger partial charge in [-0.15, -0.1) is 27.0 Å². The number of nitro groups is 1. The van der Waals surface area contributed by atoms with Gasteiger partial charge in [0.25, 0.3) is 15.7 Å². The number of rotatable bonds is 3. The maximum absolute atomic E-state index is 12.7. The van der Waals surface area contributed by atoms with E-state index in [2.05, 4.69) is 3.77 Å². The number of alkyl halides is 2. The Labute approximate surface area is 152 Å². The first-order valence-electron chi connectivity index (χ1n) is 7.53. The Balaban J connectivity index is 2.08. The van der Waals surface area contributed by atoms with Crippen LogP contribution in [0.4, 0.5) is 5.69 Å². The fourth-order valence-corrected chi connectivity index (χ4v) is 9.23. The van der Waals surface area contributed by atoms with Crippen LogP contribution in [-0.2, 0) is 20.7 Å². The second kappa shape index (κ2) is 6.90. The van der Waals surface area contributed by atoms with Crippen molar-refractivity contribution in [1.29, 1.82) is 0 Å². The first kappa shape index (κ1) is 18.1. The largest absolute Gasteiger partial charge is 0.294 e. The predicted octanol–water partition coefficient (Wildman–Crippen LogP) is 3.63. The quantitative estimate of drug-likeness (QED) is 0.432. The third-order valence-electron chi connectivity index (χ3n) is 4.41. The molecule has 10 heteroatoms. The van der Waals surface area contributed by atoms with Crippen LogP contribution in [0.2, 0.25) is 0 Å². The van der Waals surface area contributed by atoms with Gasteiger partial charge in [-0.1, -0.05) is 22.8 Å². The molecule has 24 heavy (non-hydrogen) atoms. The minimum Gasteiger partial charge on any atom is -0.258 e. The normalized spacial score (nSPS) is 33.0. The molecule has 132 valence electrons. The molecule has 1 aromatic rings. The average Bonchev–Trinajstić information content (AvgIpc) is 2.53. The van der Waals surface area contributed by atoms with Crippen LogP contribution in [0.5, 0.6) is 0 Å². The van der Waals surface area contributed by atoms with E-state index < -0.39 is 31.3 Å². The zero-order chi connectivity index (χ0) is 17.5. The molecule has 3 rings (SSSR count). The number of para-hydroxylation sites is 1. The van der Waals surface area contributed by atoms with Crippen molar-refractivity contribution < 1.29 is 13.3 Å². The second-order valence-electron chi connectivity index (χ2n) is 5.88. The fraction of sp³-hybridized carbons (Fsp3) is 0.571. The molecule has 0 spiro atoms. The smallest absolute Gasteiger partial charge is 0.258 e. The van der Waals surface area contributed by atoms with E-state index in [0.29, 0.717) is 0 Å². The Morgan fingerprint density at radius 3 is 2.17 bits per heavy atom. The van der Waals surface area contributed by atoms with Crippen LogP contribution in [0.1, 0.15) is 25.7 Å². The van der Waals surface area contributed by atoms with E-state index in [9.17, 15) is 18.5 Å². The fourth-order valence-electron chi connectivity index (χ4n) is 3.24. The molecule has 2 unspecified atom stereocenters. The summed E-state index contributed by atoms with van der Waals surface area (Å²) in [6.07, 6.45) is 3.06. The maximum Gasteiger partial charge on any atom is 0.294 e. The summed E-state index contributed by atoms with van der Waals surface area (Å²) in [5, 5.41) is 10.8. The van der Waals surface area contributed by atoms with Crippen LogP contribution in [0.3, 0.4) is 0 Å². The van der Waals surface area contributed by atoms with Crippen molar-refractivity contribution in [3.8, 4) is 0 Å². The number of hydrogen-bond acceptors (Lipinski definition) is 4. The van der Waals surface area contributed by atoms with Gasteiger partial charge >= 0.3 is 0 Å². The summed E-state index contributed by atoms with van der Waals surface area (Å²) in [4.78, 5) is 10.0. The zero-order valence-corrected chi connectivity index (χ0v) is 15.7. The Hall–Kier alpha value is -0.700. The van der Waals surface area contributed by atoms with Gasteiger partial charge in [0.15, 0.2) is 4.90 Å². The summed E-state index contributed by atoms with van der Waals surface area (Å²) < 4.78 is 29.5. The van der Waals surface area contributed by atoms with Crippen LogP contribution in [0.25, 0.3) is 0 Å². The van der Waals surface area contributed by atoms with Gasteiger partial charge in [0.2, 0.25) is 0 Å². The highest BCUT2D eigenvalue weighted by molar-refractivity contribution is 8.01. The average molecular weight is 411 g/mol. The van der Waals surface area contributed by atoms with E-state index in [0.717, 1.165) is 25.7 Å². The highest BCUT2D eigenvalue weighted by Gasteiger charge is 2.43. The van der Waals surface area contributed by atoms with Gasteiger partial charge in [0, 0.05) is 27.3 Å². The molecule has 6 nitrogen and oxygen atoms in total. The van der Waals surface area contributed by atoms with E-state index >= 15 is 0 Å². The molecule has 0 radical (unpaired) electrons. The van der Waals surface area contributed by atoms with Crippen LogP contribution >= 0.6 is 23.2 Å². The van der Waals surface area contributed by atoms with Crippen molar-refractivity contribution in [1.82, 2.24) is 0 Å². The van der Waals surface area contributed by atoms with Crippen molar-refractivity contribution in [2.45, 2.75) is 51.8 Å². The van der Waals surface area contributed by atoms with E-state index in [4.69, 9.17) is 23.2 Å². The first-order chi connectivity index (χ1) is 11.3. The summed E-state index contributed by atoms with van der Waals surface area (Å²) in [6.45, 7) is 0. The molecule has 2 aliphatic heterocycles. The van der Waals surface area contributed by atoms with Crippen molar-refractivity contribution in [2.24, 2.45) is 3.77 Å². The van der Waals surface area contributed by atoms with Gasteiger partial charge in [0.1, 0.15) is 0 Å². The zero-order valence-electron chi connectivity index (χ0n) is 12.5. The van der Waals surface area contributed by atoms with Gasteiger partial charge in [-0.25, -0.2) is 0 Å². The topological polar surface area (TPSA) is 89.6 Å². The van der Waals surface area contributed by atoms with Crippen molar-refractivity contribution >= 4 is 49.6 Å². The van der Waals surface area contributed by atoms with Gasteiger partial charge < -0.3 is 0 Å². The number of nitro benzene ring substituents is 1. The minimum absolute atomic E-state index is 0.0297. The molecule has 2 fully saturated rings. The monoisotopic (exact) mass is 410 g/mol. The summed E-state index contributed by atoms with van der Waals surface area (Å²) >= 11 is 12.8. The van der Waals surface area contributed by atoms with Crippen molar-refractivity contribution in [3.63, 3.8) is 0 Å². The number of fused-ring (bicyclic) bond motifs is 2. The molecule has 0 N–H and O–H groups in total. The summed E-state index contributed by atoms with van der Waals surface area (Å²) in [6, 6.07) is 5.27. The van der Waals surface area contributed by atoms with Gasteiger partial charge in [-0.2, -0.15) is 8.42 Å². The van der Waals surface area contributed by atoms with E-state index in [1.807, 2.05) is 0 Å². The summed E-state index contributed by atoms with van der Waals surface area (Å²) in [5.74, 6) is 0. The third kappa shape index (κ3) is 3.34. The SMILES string of the molecule is O=[N+]([O-])c1ccccc1S(=O)(=O)N=S1C2CC[C@@H](Cl)C1CC[C@H]2Cl. The molecule has 4 atom stereocenters. The van der Waals surface area contributed by atoms with Gasteiger partial charge in [0.05, 0.1) is 4.92 Å². The lowest BCUT2D eigenvalue weighted by Gasteiger charge is -2.42. The highest BCUT2D eigenvalue weighted by atomic mass is 35.5. The molecule has 0 aliphatic carbocycles. The molecule has 0 amide bonds. The second-order valence-corrected chi connectivity index (χ2v) is 10.9. The van der Waals surface area contributed by atoms with Gasteiger partial charge in [-0.3, -0.25) is 10.1 Å². The summed E-state index contributed by atoms with van der Waals surface area (Å²) in [7, 11) is -4.99. The molecular formula is C14H16Cl2N2O4S2. The van der Waals surface area contributed by atoms with E-state index in [-0.39, 0.29) is 26.1 Å². The van der Waals surface area contributed by atoms with Gasteiger partial charge in [-0.05, 0) is 31.7 Å². The lowest BCUT2D eigenvalue weighted by molar-refractivity contribution is -0.387. The number of nitrogens with zero attached hydrogens (tertiary/aromatic N) is 2. The van der Waals surface area contributed by atoms with Crippen LogP contribution in [0, 0.1) is 10.1 Å². The Bertz CT molecular complexity index is 780. The predicted molar refractivity (Wildman–Crippen MR) is 95.4 cm³/mol. The van der Waals surface area contributed by atoms with Crippen molar-refractivity contribution in [3.05, 3.63) is 34.4 Å². The number of sulfonamides is 1. The molecule has 2 aliphatic rings. The Kier molecular flexibility index (Phi) is 5.20. The Morgan fingerprint density at radius 1 is 1.08 bits per heavy atom. The van der Waals surface area contributed by atoms with E-state index in [1.54, 1.807) is 0 Å². The maximum atomic E-state index is 12.7. The lowest BCUT2D eigenvalue weighted by atomic mass is 9.98. The first-order valence-corrected chi connectivity index (χ1v) is 11.1. The van der Waals surface area contributed by atoms with Crippen LogP contribution in [-0.4, -0.2) is 34.6 Å². The molecule has 2 bridgehead atoms. The minimum atomic E-state index is -4.15. The molecule has 0 saturated carbocycles. The number of halogens is 2. The van der Waals surface area contributed by atoms with E-state index in [1.165, 1.54) is 24.3 Å². The number of hydrogen-bond donors (Lipinski definition) is 0. The van der Waals surface area contributed by atoms with Crippen molar-refractivity contribution in [2.75, 3.05) is 0 Å². The summed E-state index contributed by atoms with van der Waals surface area (Å²) in [5.41, 5.74) is -0.461. The highest BCUT2D eigenvalue weighted by Crippen LogP contribution is 2.41. The third-order valence-corrected chi connectivity index (χ3v) is 10.5. The standard InChI is InChI=1S/C14H16Cl2N2O4S2/c15-9-5-7-12-10(16)6-8-13(9)23(12)17-24(21,22)14-4-2-1-3-11(14)18(19)20/h1-4,9-10,12-13H,5-8H2/t9-,10-,12?,13?,23?/m1/s1. The number of benzene rings is 1. The molecule has 1 aromatic carbocycles. The molecule has 2 heterocycles. The van der Waals surface area contributed by atoms with Crippen LogP contribution < -0.4 is 0 Å². The molecule has 0 aromatic heterocycles. The molecule has 2 saturated heterocycles. The molecular weight excluding hydrogens is 395 g/mol.